The zero-order valence-corrected chi connectivity index (χ0v) is 20.5. The van der Waals surface area contributed by atoms with Gasteiger partial charge in [0.2, 0.25) is 0 Å². The fourth-order valence-electron chi connectivity index (χ4n) is 5.18. The van der Waals surface area contributed by atoms with Crippen molar-refractivity contribution in [3.8, 4) is 33.0 Å². The predicted molar refractivity (Wildman–Crippen MR) is 143 cm³/mol. The number of nitrogens with zero attached hydrogens (tertiary/aromatic N) is 2. The molecular formula is C28H27N5OS. The standard InChI is InChI=1S/C28H27N5OS/c1-30-23-13-19(9-10-20(23)16-29)26-22-15-25-21(27(22)32-31-26)14-24(35-25)17-5-7-18(8-6-17)28(34)33-11-3-2-4-12-33/h5-10,13-14,16,29-30H,2-4,11-12,15H2,1H3,(H,31,32). The number of likely N-dealkylation sites (tertiary alicyclic amines) is 1. The lowest BCUT2D eigenvalue weighted by molar-refractivity contribution is 0.0724. The number of amides is 1. The van der Waals surface area contributed by atoms with Gasteiger partial charge in [-0.05, 0) is 49.1 Å². The fraction of sp³-hybridized carbons (Fsp3) is 0.250. The van der Waals surface area contributed by atoms with E-state index in [2.05, 4.69) is 39.8 Å². The second-order valence-electron chi connectivity index (χ2n) is 9.18. The highest BCUT2D eigenvalue weighted by Crippen LogP contribution is 2.46. The summed E-state index contributed by atoms with van der Waals surface area (Å²) < 4.78 is 0. The third kappa shape index (κ3) is 3.76. The number of nitrogens with one attached hydrogen (secondary N) is 3. The van der Waals surface area contributed by atoms with Crippen molar-refractivity contribution in [2.45, 2.75) is 25.7 Å². The van der Waals surface area contributed by atoms with E-state index in [0.717, 1.165) is 71.7 Å². The van der Waals surface area contributed by atoms with Crippen LogP contribution in [0.2, 0.25) is 0 Å². The lowest BCUT2D eigenvalue weighted by Gasteiger charge is -2.26. The molecule has 35 heavy (non-hydrogen) atoms. The first-order valence-electron chi connectivity index (χ1n) is 12.1. The smallest absolute Gasteiger partial charge is 0.253 e. The number of hydrogen-bond acceptors (Lipinski definition) is 5. The fourth-order valence-corrected chi connectivity index (χ4v) is 6.36. The summed E-state index contributed by atoms with van der Waals surface area (Å²) in [6.45, 7) is 1.74. The number of rotatable bonds is 5. The number of carbonyl (C=O) groups excluding carboxylic acids is 1. The zero-order valence-electron chi connectivity index (χ0n) is 19.6. The van der Waals surface area contributed by atoms with Crippen molar-refractivity contribution < 1.29 is 4.79 Å². The highest BCUT2D eigenvalue weighted by Gasteiger charge is 2.28. The van der Waals surface area contributed by atoms with Gasteiger partial charge in [0.05, 0.1) is 11.4 Å². The summed E-state index contributed by atoms with van der Waals surface area (Å²) in [6, 6.07) is 16.4. The van der Waals surface area contributed by atoms with Crippen LogP contribution in [0.4, 0.5) is 5.69 Å². The summed E-state index contributed by atoms with van der Waals surface area (Å²) in [7, 11) is 1.87. The quantitative estimate of drug-likeness (QED) is 0.268. The van der Waals surface area contributed by atoms with Crippen LogP contribution >= 0.6 is 11.3 Å². The van der Waals surface area contributed by atoms with E-state index in [4.69, 9.17) is 5.41 Å². The van der Waals surface area contributed by atoms with Gasteiger partial charge in [0.15, 0.2) is 0 Å². The molecule has 2 aromatic heterocycles. The molecule has 1 aliphatic heterocycles. The monoisotopic (exact) mass is 481 g/mol. The largest absolute Gasteiger partial charge is 0.388 e. The number of carbonyl (C=O) groups is 1. The molecule has 1 amide bonds. The van der Waals surface area contributed by atoms with E-state index in [9.17, 15) is 4.79 Å². The molecule has 1 fully saturated rings. The Hall–Kier alpha value is -3.71. The Kier molecular flexibility index (Phi) is 5.49. The SMILES string of the molecule is CNc1cc(-c2n[nH]c3c2Cc2sc(-c4ccc(C(=O)N5CCCCC5)cc4)cc2-3)ccc1C=N. The Labute approximate surface area is 208 Å². The molecule has 2 aromatic carbocycles. The van der Waals surface area contributed by atoms with Crippen LogP contribution < -0.4 is 5.32 Å². The van der Waals surface area contributed by atoms with Crippen molar-refractivity contribution >= 4 is 29.1 Å². The number of piperidine rings is 1. The Bertz CT molecular complexity index is 1430. The number of anilines is 1. The first-order chi connectivity index (χ1) is 17.2. The summed E-state index contributed by atoms with van der Waals surface area (Å²) in [5, 5.41) is 18.7. The average molecular weight is 482 g/mol. The maximum absolute atomic E-state index is 12.8. The molecule has 0 unspecified atom stereocenters. The maximum atomic E-state index is 12.8. The predicted octanol–water partition coefficient (Wildman–Crippen LogP) is 6.04. The van der Waals surface area contributed by atoms with E-state index in [1.54, 1.807) is 0 Å². The first kappa shape index (κ1) is 21.8. The van der Waals surface area contributed by atoms with Crippen molar-refractivity contribution in [2.24, 2.45) is 0 Å². The molecule has 0 spiro atoms. The summed E-state index contributed by atoms with van der Waals surface area (Å²) in [5.41, 5.74) is 9.25. The summed E-state index contributed by atoms with van der Waals surface area (Å²) in [5.74, 6) is 0.148. The Balaban J connectivity index is 1.25. The molecule has 7 heteroatoms. The Morgan fingerprint density at radius 3 is 2.60 bits per heavy atom. The van der Waals surface area contributed by atoms with Crippen molar-refractivity contribution in [3.05, 3.63) is 70.1 Å². The highest BCUT2D eigenvalue weighted by atomic mass is 32.1. The molecule has 0 radical (unpaired) electrons. The van der Waals surface area contributed by atoms with Crippen LogP contribution in [0.5, 0.6) is 0 Å². The summed E-state index contributed by atoms with van der Waals surface area (Å²) >= 11 is 1.81. The number of H-pyrrole nitrogens is 1. The van der Waals surface area contributed by atoms with Gasteiger partial charge >= 0.3 is 0 Å². The van der Waals surface area contributed by atoms with Crippen molar-refractivity contribution in [1.82, 2.24) is 15.1 Å². The third-order valence-electron chi connectivity index (χ3n) is 7.09. The molecule has 6 nitrogen and oxygen atoms in total. The molecular weight excluding hydrogens is 454 g/mol. The minimum absolute atomic E-state index is 0.148. The van der Waals surface area contributed by atoms with Gasteiger partial charge < -0.3 is 15.6 Å². The van der Waals surface area contributed by atoms with Gasteiger partial charge in [0.1, 0.15) is 0 Å². The van der Waals surface area contributed by atoms with Gasteiger partial charge in [-0.2, -0.15) is 5.10 Å². The molecule has 3 N–H and O–H groups in total. The molecule has 2 aliphatic rings. The van der Waals surface area contributed by atoms with Gasteiger partial charge in [-0.3, -0.25) is 9.89 Å². The zero-order chi connectivity index (χ0) is 23.9. The number of benzene rings is 2. The maximum Gasteiger partial charge on any atom is 0.253 e. The van der Waals surface area contributed by atoms with E-state index >= 15 is 0 Å². The highest BCUT2D eigenvalue weighted by molar-refractivity contribution is 7.16. The third-order valence-corrected chi connectivity index (χ3v) is 8.28. The van der Waals surface area contributed by atoms with Crippen molar-refractivity contribution in [3.63, 3.8) is 0 Å². The number of aromatic nitrogens is 2. The van der Waals surface area contributed by atoms with Gasteiger partial charge in [-0.15, -0.1) is 11.3 Å². The lowest BCUT2D eigenvalue weighted by atomic mass is 10.0. The van der Waals surface area contributed by atoms with Crippen LogP contribution in [-0.4, -0.2) is 47.4 Å². The van der Waals surface area contributed by atoms with Crippen molar-refractivity contribution in [2.75, 3.05) is 25.5 Å². The molecule has 1 saturated heterocycles. The number of thiophene rings is 1. The molecule has 176 valence electrons. The second-order valence-corrected chi connectivity index (χ2v) is 10.3. The molecule has 6 rings (SSSR count). The number of hydrogen-bond donors (Lipinski definition) is 3. The summed E-state index contributed by atoms with van der Waals surface area (Å²) in [4.78, 5) is 17.3. The average Bonchev–Trinajstić information content (AvgIpc) is 3.60. The molecule has 1 aliphatic carbocycles. The van der Waals surface area contributed by atoms with E-state index in [1.807, 2.05) is 47.5 Å². The van der Waals surface area contributed by atoms with Crippen LogP contribution in [0, 0.1) is 5.41 Å². The normalized spacial score (nSPS) is 14.5. The first-order valence-corrected chi connectivity index (χ1v) is 12.9. The minimum atomic E-state index is 0.148. The second kappa shape index (κ2) is 8.82. The number of aromatic amines is 1. The van der Waals surface area contributed by atoms with Gasteiger partial charge in [0, 0.05) is 76.0 Å². The van der Waals surface area contributed by atoms with Crippen LogP contribution in [0.15, 0.2) is 48.5 Å². The van der Waals surface area contributed by atoms with Crippen LogP contribution in [0.1, 0.15) is 45.6 Å². The molecule has 4 aromatic rings. The van der Waals surface area contributed by atoms with Crippen LogP contribution in [0.25, 0.3) is 33.0 Å². The van der Waals surface area contributed by atoms with E-state index in [1.165, 1.54) is 33.5 Å². The van der Waals surface area contributed by atoms with Crippen LogP contribution in [-0.2, 0) is 6.42 Å². The Morgan fingerprint density at radius 2 is 1.86 bits per heavy atom. The van der Waals surface area contributed by atoms with E-state index in [0.29, 0.717) is 0 Å². The summed E-state index contributed by atoms with van der Waals surface area (Å²) in [6.07, 6.45) is 5.65. The Morgan fingerprint density at radius 1 is 1.09 bits per heavy atom. The van der Waals surface area contributed by atoms with Gasteiger partial charge in [-0.1, -0.05) is 24.3 Å². The number of fused-ring (bicyclic) bond motifs is 3. The van der Waals surface area contributed by atoms with Crippen molar-refractivity contribution in [1.29, 1.82) is 5.41 Å². The minimum Gasteiger partial charge on any atom is -0.388 e. The topological polar surface area (TPSA) is 84.9 Å². The van der Waals surface area contributed by atoms with E-state index in [-0.39, 0.29) is 5.91 Å². The molecule has 3 heterocycles. The van der Waals surface area contributed by atoms with E-state index < -0.39 is 0 Å². The van der Waals surface area contributed by atoms with Crippen LogP contribution in [0.3, 0.4) is 0 Å². The molecule has 0 bridgehead atoms. The molecule has 0 saturated carbocycles. The molecule has 0 atom stereocenters. The van der Waals surface area contributed by atoms with Gasteiger partial charge in [-0.25, -0.2) is 0 Å². The lowest BCUT2D eigenvalue weighted by Crippen LogP contribution is -2.35. The van der Waals surface area contributed by atoms with Gasteiger partial charge in [0.25, 0.3) is 5.91 Å².